The normalized spacial score (nSPS) is 15.1. The van der Waals surface area contributed by atoms with Crippen molar-refractivity contribution in [3.05, 3.63) is 33.1 Å². The minimum atomic E-state index is -0.431. The van der Waals surface area contributed by atoms with Crippen molar-refractivity contribution in [3.8, 4) is 0 Å². The number of carbonyl (C=O) groups excluding carboxylic acids is 1. The second-order valence-corrected chi connectivity index (χ2v) is 4.91. The summed E-state index contributed by atoms with van der Waals surface area (Å²) in [6.07, 6.45) is 2.07. The van der Waals surface area contributed by atoms with Crippen LogP contribution in [0, 0.1) is 9.39 Å². The van der Waals surface area contributed by atoms with Crippen LogP contribution in [-0.2, 0) is 0 Å². The van der Waals surface area contributed by atoms with Crippen LogP contribution >= 0.6 is 22.6 Å². The molecule has 80 valence electrons. The van der Waals surface area contributed by atoms with E-state index in [9.17, 15) is 9.18 Å². The maximum absolute atomic E-state index is 13.5. The summed E-state index contributed by atoms with van der Waals surface area (Å²) in [4.78, 5) is 13.6. The van der Waals surface area contributed by atoms with Gasteiger partial charge >= 0.3 is 0 Å². The Labute approximate surface area is 102 Å². The van der Waals surface area contributed by atoms with E-state index < -0.39 is 5.82 Å². The largest absolute Gasteiger partial charge is 0.339 e. The van der Waals surface area contributed by atoms with E-state index in [0.717, 1.165) is 12.8 Å². The summed E-state index contributed by atoms with van der Waals surface area (Å²) in [5.74, 6) is -0.639. The first kappa shape index (κ1) is 10.9. The number of amides is 1. The minimum absolute atomic E-state index is 0.201. The van der Waals surface area contributed by atoms with E-state index in [4.69, 9.17) is 0 Å². The number of rotatable bonds is 2. The van der Waals surface area contributed by atoms with Crippen LogP contribution in [0.5, 0.6) is 0 Å². The maximum Gasteiger partial charge on any atom is 0.257 e. The van der Waals surface area contributed by atoms with E-state index in [-0.39, 0.29) is 11.5 Å². The molecule has 1 aliphatic rings. The third kappa shape index (κ3) is 2.14. The highest BCUT2D eigenvalue weighted by atomic mass is 127. The van der Waals surface area contributed by atoms with Crippen molar-refractivity contribution in [3.63, 3.8) is 0 Å². The van der Waals surface area contributed by atoms with Gasteiger partial charge in [0.05, 0.1) is 5.56 Å². The Hall–Kier alpha value is -0.650. The maximum atomic E-state index is 13.5. The van der Waals surface area contributed by atoms with Gasteiger partial charge in [-0.3, -0.25) is 4.79 Å². The van der Waals surface area contributed by atoms with Crippen molar-refractivity contribution in [1.82, 2.24) is 4.90 Å². The number of nitrogens with zero attached hydrogens (tertiary/aromatic N) is 1. The fourth-order valence-corrected chi connectivity index (χ4v) is 2.20. The summed E-state index contributed by atoms with van der Waals surface area (Å²) in [6, 6.07) is 5.01. The molecule has 0 heterocycles. The first-order chi connectivity index (χ1) is 7.11. The monoisotopic (exact) mass is 319 g/mol. The topological polar surface area (TPSA) is 20.3 Å². The van der Waals surface area contributed by atoms with E-state index in [1.807, 2.05) is 22.6 Å². The second-order valence-electron chi connectivity index (χ2n) is 3.74. The van der Waals surface area contributed by atoms with E-state index in [0.29, 0.717) is 9.61 Å². The smallest absolute Gasteiger partial charge is 0.257 e. The Bertz CT molecular complexity index is 383. The van der Waals surface area contributed by atoms with Crippen molar-refractivity contribution < 1.29 is 9.18 Å². The number of carbonyl (C=O) groups is 1. The lowest BCUT2D eigenvalue weighted by atomic mass is 10.2. The molecular formula is C11H11FINO. The van der Waals surface area contributed by atoms with E-state index in [2.05, 4.69) is 0 Å². The summed E-state index contributed by atoms with van der Waals surface area (Å²) < 4.78 is 14.2. The van der Waals surface area contributed by atoms with Gasteiger partial charge in [-0.2, -0.15) is 0 Å². The summed E-state index contributed by atoms with van der Waals surface area (Å²) in [5.41, 5.74) is 0.201. The molecule has 4 heteroatoms. The highest BCUT2D eigenvalue weighted by Gasteiger charge is 2.31. The second kappa shape index (κ2) is 4.08. The summed E-state index contributed by atoms with van der Waals surface area (Å²) in [6.45, 7) is 0. The summed E-state index contributed by atoms with van der Waals surface area (Å²) in [5, 5.41) is 0. The molecule has 0 bridgehead atoms. The average molecular weight is 319 g/mol. The summed E-state index contributed by atoms with van der Waals surface area (Å²) in [7, 11) is 1.74. The fourth-order valence-electron chi connectivity index (χ4n) is 1.51. The molecule has 1 aliphatic carbocycles. The number of benzene rings is 1. The standard InChI is InChI=1S/C11H11FINO/c1-14(7-5-6-7)11(15)10-8(12)3-2-4-9(10)13/h2-4,7H,5-6H2,1H3. The van der Waals surface area contributed by atoms with Gasteiger partial charge in [-0.05, 0) is 47.6 Å². The minimum Gasteiger partial charge on any atom is -0.339 e. The van der Waals surface area contributed by atoms with Crippen LogP contribution in [0.15, 0.2) is 18.2 Å². The van der Waals surface area contributed by atoms with Gasteiger partial charge in [0.2, 0.25) is 0 Å². The first-order valence-electron chi connectivity index (χ1n) is 4.82. The molecule has 0 spiro atoms. The lowest BCUT2D eigenvalue weighted by Gasteiger charge is -2.17. The molecule has 1 fully saturated rings. The van der Waals surface area contributed by atoms with E-state index in [1.54, 1.807) is 24.1 Å². The number of hydrogen-bond acceptors (Lipinski definition) is 1. The molecule has 0 aliphatic heterocycles. The fraction of sp³-hybridized carbons (Fsp3) is 0.364. The van der Waals surface area contributed by atoms with E-state index in [1.165, 1.54) is 6.07 Å². The van der Waals surface area contributed by atoms with Crippen molar-refractivity contribution in [1.29, 1.82) is 0 Å². The number of halogens is 2. The Morgan fingerprint density at radius 1 is 1.53 bits per heavy atom. The van der Waals surface area contributed by atoms with Crippen molar-refractivity contribution in [2.75, 3.05) is 7.05 Å². The van der Waals surface area contributed by atoms with Crippen molar-refractivity contribution >= 4 is 28.5 Å². The molecule has 0 radical (unpaired) electrons. The van der Waals surface area contributed by atoms with Crippen LogP contribution in [0.4, 0.5) is 4.39 Å². The zero-order valence-corrected chi connectivity index (χ0v) is 10.5. The molecule has 0 atom stereocenters. The van der Waals surface area contributed by atoms with Gasteiger partial charge in [0.1, 0.15) is 5.82 Å². The molecule has 15 heavy (non-hydrogen) atoms. The Morgan fingerprint density at radius 3 is 2.73 bits per heavy atom. The molecule has 1 aromatic rings. The van der Waals surface area contributed by atoms with Crippen LogP contribution in [-0.4, -0.2) is 23.9 Å². The average Bonchev–Trinajstić information content (AvgIpc) is 2.99. The van der Waals surface area contributed by atoms with Crippen molar-refractivity contribution in [2.24, 2.45) is 0 Å². The third-order valence-electron chi connectivity index (χ3n) is 2.59. The van der Waals surface area contributed by atoms with Gasteiger partial charge in [0.25, 0.3) is 5.91 Å². The molecule has 1 aromatic carbocycles. The van der Waals surface area contributed by atoms with Gasteiger partial charge in [-0.15, -0.1) is 0 Å². The molecule has 2 rings (SSSR count). The Balaban J connectivity index is 2.31. The molecule has 1 saturated carbocycles. The zero-order valence-electron chi connectivity index (χ0n) is 8.34. The molecule has 0 N–H and O–H groups in total. The van der Waals surface area contributed by atoms with Crippen LogP contribution < -0.4 is 0 Å². The highest BCUT2D eigenvalue weighted by molar-refractivity contribution is 14.1. The van der Waals surface area contributed by atoms with Gasteiger partial charge in [-0.25, -0.2) is 4.39 Å². The van der Waals surface area contributed by atoms with Gasteiger partial charge in [0.15, 0.2) is 0 Å². The molecule has 1 amide bonds. The first-order valence-corrected chi connectivity index (χ1v) is 5.90. The van der Waals surface area contributed by atoms with Crippen LogP contribution in [0.25, 0.3) is 0 Å². The van der Waals surface area contributed by atoms with Crippen LogP contribution in [0.3, 0.4) is 0 Å². The van der Waals surface area contributed by atoms with E-state index >= 15 is 0 Å². The zero-order chi connectivity index (χ0) is 11.0. The SMILES string of the molecule is CN(C(=O)c1c(F)cccc1I)C1CC1. The van der Waals surface area contributed by atoms with Crippen LogP contribution in [0.2, 0.25) is 0 Å². The molecule has 0 saturated heterocycles. The Kier molecular flexibility index (Phi) is 2.95. The molecule has 0 unspecified atom stereocenters. The van der Waals surface area contributed by atoms with Gasteiger partial charge in [-0.1, -0.05) is 6.07 Å². The molecule has 0 aromatic heterocycles. The predicted octanol–water partition coefficient (Wildman–Crippen LogP) is 2.66. The summed E-state index contributed by atoms with van der Waals surface area (Å²) >= 11 is 1.99. The van der Waals surface area contributed by atoms with Crippen molar-refractivity contribution in [2.45, 2.75) is 18.9 Å². The highest BCUT2D eigenvalue weighted by Crippen LogP contribution is 2.28. The third-order valence-corrected chi connectivity index (χ3v) is 3.49. The van der Waals surface area contributed by atoms with Gasteiger partial charge in [0, 0.05) is 16.7 Å². The quantitative estimate of drug-likeness (QED) is 0.768. The molecule has 2 nitrogen and oxygen atoms in total. The lowest BCUT2D eigenvalue weighted by Crippen LogP contribution is -2.30. The molecular weight excluding hydrogens is 308 g/mol. The predicted molar refractivity (Wildman–Crippen MR) is 64.2 cm³/mol. The lowest BCUT2D eigenvalue weighted by molar-refractivity contribution is 0.0779. The number of hydrogen-bond donors (Lipinski definition) is 0. The van der Waals surface area contributed by atoms with Crippen LogP contribution in [0.1, 0.15) is 23.2 Å². The van der Waals surface area contributed by atoms with Gasteiger partial charge < -0.3 is 4.90 Å². The Morgan fingerprint density at radius 2 is 2.20 bits per heavy atom.